The topological polar surface area (TPSA) is 53.8 Å². The van der Waals surface area contributed by atoms with Gasteiger partial charge in [0.15, 0.2) is 0 Å². The zero-order valence-electron chi connectivity index (χ0n) is 15.6. The fourth-order valence-corrected chi connectivity index (χ4v) is 4.70. The van der Waals surface area contributed by atoms with Crippen LogP contribution in [0.2, 0.25) is 0 Å². The lowest BCUT2D eigenvalue weighted by Crippen LogP contribution is -2.48. The van der Waals surface area contributed by atoms with Crippen LogP contribution in [0.15, 0.2) is 45.7 Å². The number of aryl methyl sites for hydroxylation is 2. The molecular weight excluding hydrogens is 348 g/mol. The first-order chi connectivity index (χ1) is 12.5. The Morgan fingerprint density at radius 3 is 2.27 bits per heavy atom. The predicted octanol–water partition coefficient (Wildman–Crippen LogP) is 3.44. The van der Waals surface area contributed by atoms with Gasteiger partial charge in [0.05, 0.1) is 11.4 Å². The second-order valence-electron chi connectivity index (χ2n) is 6.94. The van der Waals surface area contributed by atoms with Gasteiger partial charge in [0.2, 0.25) is 10.0 Å². The smallest absolute Gasteiger partial charge is 0.243 e. The van der Waals surface area contributed by atoms with Gasteiger partial charge in [-0.15, -0.1) is 0 Å². The summed E-state index contributed by atoms with van der Waals surface area (Å²) in [6.07, 6.45) is 3.27. The summed E-state index contributed by atoms with van der Waals surface area (Å²) in [4.78, 5) is 2.63. The Balaban J connectivity index is 1.58. The van der Waals surface area contributed by atoms with E-state index in [0.29, 0.717) is 31.1 Å². The van der Waals surface area contributed by atoms with E-state index >= 15 is 0 Å². The highest BCUT2D eigenvalue weighted by Crippen LogP contribution is 2.20. The molecule has 3 rings (SSSR count). The standard InChI is InChI=1S/C20H28N2O3S/c1-3-4-5-18-7-10-20(11-8-18)26(23,24)22-14-12-21(13-15-22)16-19-9-6-17(2)25-19/h6-11H,3-5,12-16H2,1-2H3. The van der Waals surface area contributed by atoms with Crippen molar-refractivity contribution in [3.8, 4) is 0 Å². The molecule has 1 fully saturated rings. The Morgan fingerprint density at radius 1 is 1.00 bits per heavy atom. The number of rotatable bonds is 7. The summed E-state index contributed by atoms with van der Waals surface area (Å²) in [6.45, 7) is 7.28. The van der Waals surface area contributed by atoms with Crippen molar-refractivity contribution in [3.63, 3.8) is 0 Å². The summed E-state index contributed by atoms with van der Waals surface area (Å²) in [7, 11) is -3.41. The third kappa shape index (κ3) is 4.55. The number of sulfonamides is 1. The highest BCUT2D eigenvalue weighted by atomic mass is 32.2. The van der Waals surface area contributed by atoms with Gasteiger partial charge in [0, 0.05) is 26.2 Å². The van der Waals surface area contributed by atoms with Crippen LogP contribution in [0.5, 0.6) is 0 Å². The lowest BCUT2D eigenvalue weighted by molar-refractivity contribution is 0.170. The monoisotopic (exact) mass is 376 g/mol. The second kappa shape index (κ2) is 8.37. The molecule has 0 radical (unpaired) electrons. The minimum Gasteiger partial charge on any atom is -0.465 e. The molecule has 6 heteroatoms. The highest BCUT2D eigenvalue weighted by molar-refractivity contribution is 7.89. The molecular formula is C20H28N2O3S. The molecule has 0 atom stereocenters. The fraction of sp³-hybridized carbons (Fsp3) is 0.500. The van der Waals surface area contributed by atoms with Crippen molar-refractivity contribution in [2.75, 3.05) is 26.2 Å². The molecule has 2 heterocycles. The minimum atomic E-state index is -3.41. The van der Waals surface area contributed by atoms with Crippen molar-refractivity contribution < 1.29 is 12.8 Å². The third-order valence-electron chi connectivity index (χ3n) is 4.89. The fourth-order valence-electron chi connectivity index (χ4n) is 3.28. The number of hydrogen-bond acceptors (Lipinski definition) is 4. The Bertz CT molecular complexity index is 804. The molecule has 0 N–H and O–H groups in total. The number of nitrogens with zero attached hydrogens (tertiary/aromatic N) is 2. The predicted molar refractivity (Wildman–Crippen MR) is 103 cm³/mol. The van der Waals surface area contributed by atoms with Crippen molar-refractivity contribution >= 4 is 10.0 Å². The lowest BCUT2D eigenvalue weighted by atomic mass is 10.1. The van der Waals surface area contributed by atoms with Crippen LogP contribution in [-0.2, 0) is 23.0 Å². The van der Waals surface area contributed by atoms with Crippen LogP contribution < -0.4 is 0 Å². The quantitative estimate of drug-likeness (QED) is 0.743. The van der Waals surface area contributed by atoms with Crippen LogP contribution in [0.3, 0.4) is 0 Å². The molecule has 0 aliphatic carbocycles. The Hall–Kier alpha value is -1.63. The van der Waals surface area contributed by atoms with E-state index in [0.717, 1.165) is 37.3 Å². The summed E-state index contributed by atoms with van der Waals surface area (Å²) in [5.41, 5.74) is 1.20. The summed E-state index contributed by atoms with van der Waals surface area (Å²) in [5, 5.41) is 0. The van der Waals surface area contributed by atoms with Crippen LogP contribution in [0.25, 0.3) is 0 Å². The van der Waals surface area contributed by atoms with E-state index in [1.165, 1.54) is 5.56 Å². The molecule has 5 nitrogen and oxygen atoms in total. The summed E-state index contributed by atoms with van der Waals surface area (Å²) >= 11 is 0. The molecule has 2 aromatic rings. The second-order valence-corrected chi connectivity index (χ2v) is 8.88. The van der Waals surface area contributed by atoms with Crippen molar-refractivity contribution in [2.24, 2.45) is 0 Å². The van der Waals surface area contributed by atoms with E-state index in [-0.39, 0.29) is 0 Å². The largest absolute Gasteiger partial charge is 0.465 e. The molecule has 1 aromatic carbocycles. The van der Waals surface area contributed by atoms with Gasteiger partial charge in [-0.1, -0.05) is 25.5 Å². The van der Waals surface area contributed by atoms with Gasteiger partial charge in [-0.05, 0) is 49.6 Å². The van der Waals surface area contributed by atoms with E-state index in [4.69, 9.17) is 4.42 Å². The maximum atomic E-state index is 12.9. The van der Waals surface area contributed by atoms with Gasteiger partial charge in [-0.3, -0.25) is 4.90 Å². The van der Waals surface area contributed by atoms with Crippen LogP contribution in [0, 0.1) is 6.92 Å². The van der Waals surface area contributed by atoms with Gasteiger partial charge in [-0.25, -0.2) is 8.42 Å². The molecule has 0 unspecified atom stereocenters. The lowest BCUT2D eigenvalue weighted by Gasteiger charge is -2.33. The normalized spacial score (nSPS) is 16.8. The van der Waals surface area contributed by atoms with E-state index in [2.05, 4.69) is 11.8 Å². The van der Waals surface area contributed by atoms with Crippen LogP contribution in [0.1, 0.15) is 36.8 Å². The highest BCUT2D eigenvalue weighted by Gasteiger charge is 2.28. The van der Waals surface area contributed by atoms with Gasteiger partial charge in [-0.2, -0.15) is 4.31 Å². The van der Waals surface area contributed by atoms with Gasteiger partial charge >= 0.3 is 0 Å². The Morgan fingerprint density at radius 2 is 1.69 bits per heavy atom. The average Bonchev–Trinajstić information content (AvgIpc) is 3.05. The molecule has 1 aliphatic heterocycles. The van der Waals surface area contributed by atoms with Crippen molar-refractivity contribution in [1.82, 2.24) is 9.21 Å². The molecule has 0 amide bonds. The van der Waals surface area contributed by atoms with E-state index < -0.39 is 10.0 Å². The third-order valence-corrected chi connectivity index (χ3v) is 6.80. The molecule has 0 bridgehead atoms. The molecule has 1 aliphatic rings. The number of piperazine rings is 1. The Labute approximate surface area is 156 Å². The van der Waals surface area contributed by atoms with Crippen molar-refractivity contribution in [3.05, 3.63) is 53.5 Å². The first kappa shape index (κ1) is 19.1. The molecule has 1 aromatic heterocycles. The molecule has 26 heavy (non-hydrogen) atoms. The number of unbranched alkanes of at least 4 members (excludes halogenated alkanes) is 1. The number of furan rings is 1. The molecule has 0 spiro atoms. The van der Waals surface area contributed by atoms with E-state index in [9.17, 15) is 8.42 Å². The maximum absolute atomic E-state index is 12.9. The molecule has 0 saturated carbocycles. The Kier molecular flexibility index (Phi) is 6.16. The van der Waals surface area contributed by atoms with Gasteiger partial charge in [0.25, 0.3) is 0 Å². The van der Waals surface area contributed by atoms with Crippen molar-refractivity contribution in [2.45, 2.75) is 44.6 Å². The molecule has 142 valence electrons. The first-order valence-corrected chi connectivity index (χ1v) is 10.8. The SMILES string of the molecule is CCCCc1ccc(S(=O)(=O)N2CCN(Cc3ccc(C)o3)CC2)cc1. The van der Waals surface area contributed by atoms with Gasteiger partial charge in [0.1, 0.15) is 11.5 Å². The summed E-state index contributed by atoms with van der Waals surface area (Å²) in [6, 6.07) is 11.3. The summed E-state index contributed by atoms with van der Waals surface area (Å²) < 4.78 is 32.9. The zero-order valence-corrected chi connectivity index (χ0v) is 16.5. The minimum absolute atomic E-state index is 0.396. The van der Waals surface area contributed by atoms with Crippen molar-refractivity contribution in [1.29, 1.82) is 0 Å². The number of hydrogen-bond donors (Lipinski definition) is 0. The van der Waals surface area contributed by atoms with Gasteiger partial charge < -0.3 is 4.42 Å². The van der Waals surface area contributed by atoms with Crippen LogP contribution in [0.4, 0.5) is 0 Å². The maximum Gasteiger partial charge on any atom is 0.243 e. The zero-order chi connectivity index (χ0) is 18.6. The van der Waals surface area contributed by atoms with Crippen LogP contribution in [-0.4, -0.2) is 43.8 Å². The van der Waals surface area contributed by atoms with Crippen LogP contribution >= 0.6 is 0 Å². The summed E-state index contributed by atoms with van der Waals surface area (Å²) in [5.74, 6) is 1.84. The number of benzene rings is 1. The molecule has 1 saturated heterocycles. The van der Waals surface area contributed by atoms with E-state index in [1.54, 1.807) is 16.4 Å². The average molecular weight is 377 g/mol. The van der Waals surface area contributed by atoms with E-state index in [1.807, 2.05) is 31.2 Å². The first-order valence-electron chi connectivity index (χ1n) is 9.36.